The molecule has 1 aliphatic rings. The van der Waals surface area contributed by atoms with E-state index in [1.165, 1.54) is 7.11 Å². The second-order valence-electron chi connectivity index (χ2n) is 8.49. The highest BCUT2D eigenvalue weighted by molar-refractivity contribution is 5.59. The number of nitrogens with zero attached hydrogens (tertiary/aromatic N) is 2. The number of nitrogens with two attached hydrogens (primary N) is 1. The molecule has 2 heterocycles. The number of hydrogen-bond donors (Lipinski definition) is 1. The maximum atomic E-state index is 14.0. The molecule has 192 valence electrons. The highest BCUT2D eigenvalue weighted by Crippen LogP contribution is 2.44. The lowest BCUT2D eigenvalue weighted by molar-refractivity contribution is 0.354. The number of nitriles is 1. The Morgan fingerprint density at radius 2 is 1.70 bits per heavy atom. The Morgan fingerprint density at radius 1 is 0.973 bits per heavy atom. The van der Waals surface area contributed by atoms with Gasteiger partial charge in [0.2, 0.25) is 5.88 Å². The Morgan fingerprint density at radius 3 is 2.35 bits per heavy atom. The minimum atomic E-state index is -0.768. The maximum absolute atomic E-state index is 14.0. The van der Waals surface area contributed by atoms with Crippen molar-refractivity contribution in [3.63, 3.8) is 0 Å². The lowest BCUT2D eigenvalue weighted by atomic mass is 9.83. The molecule has 9 heteroatoms. The first kappa shape index (κ1) is 25.5. The van der Waals surface area contributed by atoms with Gasteiger partial charge in [-0.2, -0.15) is 5.26 Å². The molecule has 2 N–H and O–H groups in total. The van der Waals surface area contributed by atoms with Gasteiger partial charge in [-0.1, -0.05) is 12.1 Å². The first-order chi connectivity index (χ1) is 17.9. The number of allylic oxidation sites excluding steroid dienone is 1. The third-order valence-electron chi connectivity index (χ3n) is 6.51. The zero-order valence-electron chi connectivity index (χ0n) is 21.5. The van der Waals surface area contributed by atoms with Crippen LogP contribution in [0.15, 0.2) is 58.7 Å². The van der Waals surface area contributed by atoms with Gasteiger partial charge in [0.1, 0.15) is 28.9 Å². The average molecular weight is 504 g/mol. The largest absolute Gasteiger partial charge is 0.497 e. The summed E-state index contributed by atoms with van der Waals surface area (Å²) in [6.07, 6.45) is 0.570. The molecule has 9 nitrogen and oxygen atoms in total. The summed E-state index contributed by atoms with van der Waals surface area (Å²) in [4.78, 5) is 14.0. The van der Waals surface area contributed by atoms with Crippen molar-refractivity contribution in [3.05, 3.63) is 86.7 Å². The van der Waals surface area contributed by atoms with Crippen molar-refractivity contribution >= 4 is 0 Å². The van der Waals surface area contributed by atoms with Gasteiger partial charge in [0.15, 0.2) is 11.5 Å². The molecule has 0 saturated carbocycles. The molecule has 1 aromatic heterocycles. The predicted molar refractivity (Wildman–Crippen MR) is 138 cm³/mol. The van der Waals surface area contributed by atoms with Gasteiger partial charge in [-0.15, -0.1) is 0 Å². The molecular formula is C28H29N3O6. The molecule has 0 radical (unpaired) electrons. The third kappa shape index (κ3) is 4.66. The molecule has 0 amide bonds. The number of methoxy groups -OCH3 is 4. The van der Waals surface area contributed by atoms with E-state index in [0.29, 0.717) is 58.5 Å². The van der Waals surface area contributed by atoms with E-state index in [9.17, 15) is 10.1 Å². The van der Waals surface area contributed by atoms with Gasteiger partial charge >= 0.3 is 0 Å². The van der Waals surface area contributed by atoms with Crippen molar-refractivity contribution in [1.29, 1.82) is 5.26 Å². The van der Waals surface area contributed by atoms with Gasteiger partial charge in [0.05, 0.1) is 39.9 Å². The molecule has 4 rings (SSSR count). The number of aromatic nitrogens is 1. The Labute approximate surface area is 215 Å². The van der Waals surface area contributed by atoms with Gasteiger partial charge in [-0.05, 0) is 37.1 Å². The Kier molecular flexibility index (Phi) is 7.30. The fraction of sp³-hybridized carbons (Fsp3) is 0.286. The highest BCUT2D eigenvalue weighted by atomic mass is 16.5. The molecule has 0 aliphatic carbocycles. The zero-order valence-corrected chi connectivity index (χ0v) is 21.5. The summed E-state index contributed by atoms with van der Waals surface area (Å²) < 4.78 is 29.1. The first-order valence-electron chi connectivity index (χ1n) is 11.6. The van der Waals surface area contributed by atoms with E-state index in [1.54, 1.807) is 50.2 Å². The van der Waals surface area contributed by atoms with E-state index in [1.807, 2.05) is 25.1 Å². The molecule has 37 heavy (non-hydrogen) atoms. The van der Waals surface area contributed by atoms with E-state index in [-0.39, 0.29) is 17.0 Å². The minimum absolute atomic E-state index is 0.0419. The van der Waals surface area contributed by atoms with Crippen molar-refractivity contribution < 1.29 is 23.7 Å². The summed E-state index contributed by atoms with van der Waals surface area (Å²) in [5, 5.41) is 9.98. The van der Waals surface area contributed by atoms with E-state index < -0.39 is 5.92 Å². The van der Waals surface area contributed by atoms with Crippen LogP contribution in [0.25, 0.3) is 0 Å². The molecule has 0 bridgehead atoms. The molecule has 1 aliphatic heterocycles. The number of benzene rings is 2. The van der Waals surface area contributed by atoms with Gasteiger partial charge in [-0.25, -0.2) is 0 Å². The summed E-state index contributed by atoms with van der Waals surface area (Å²) in [6.45, 7) is 2.24. The predicted octanol–water partition coefficient (Wildman–Crippen LogP) is 3.65. The standard InChI is InChI=1S/C28H29N3O6/c1-16-12-24-26(28(32)31(16)11-10-17-6-9-21(34-3)23(13-17)36-5)25(20(15-29)27(30)37-24)19-8-7-18(33-2)14-22(19)35-4/h6-9,12-14,25H,10-11,30H2,1-5H3/t25-/m0/s1. The van der Waals surface area contributed by atoms with E-state index in [4.69, 9.17) is 29.4 Å². The van der Waals surface area contributed by atoms with Crippen LogP contribution in [0.1, 0.15) is 28.3 Å². The van der Waals surface area contributed by atoms with Gasteiger partial charge in [-0.3, -0.25) is 4.79 Å². The van der Waals surface area contributed by atoms with Gasteiger partial charge in [0.25, 0.3) is 5.56 Å². The zero-order chi connectivity index (χ0) is 26.7. The SMILES string of the molecule is COc1ccc([C@H]2C(C#N)=C(N)Oc3cc(C)n(CCc4ccc(OC)c(OC)c4)c(=O)c32)c(OC)c1. The first-order valence-corrected chi connectivity index (χ1v) is 11.6. The van der Waals surface area contributed by atoms with Crippen molar-refractivity contribution in [2.24, 2.45) is 5.73 Å². The normalized spacial score (nSPS) is 14.3. The highest BCUT2D eigenvalue weighted by Gasteiger charge is 2.36. The van der Waals surface area contributed by atoms with E-state index in [0.717, 1.165) is 5.56 Å². The molecule has 0 saturated heterocycles. The van der Waals surface area contributed by atoms with Crippen LogP contribution in [0.5, 0.6) is 28.7 Å². The monoisotopic (exact) mass is 503 g/mol. The van der Waals surface area contributed by atoms with Crippen LogP contribution < -0.4 is 35.0 Å². The molecule has 0 unspecified atom stereocenters. The van der Waals surface area contributed by atoms with Crippen LogP contribution in [0, 0.1) is 18.3 Å². The molecule has 1 atom stereocenters. The number of ether oxygens (including phenoxy) is 5. The summed E-state index contributed by atoms with van der Waals surface area (Å²) in [7, 11) is 6.24. The number of pyridine rings is 1. The number of aryl methyl sites for hydroxylation is 2. The summed E-state index contributed by atoms with van der Waals surface area (Å²) in [5.74, 6) is 1.82. The fourth-order valence-corrected chi connectivity index (χ4v) is 4.61. The van der Waals surface area contributed by atoms with Crippen molar-refractivity contribution in [1.82, 2.24) is 4.57 Å². The quantitative estimate of drug-likeness (QED) is 0.495. The number of fused-ring (bicyclic) bond motifs is 1. The average Bonchev–Trinajstić information content (AvgIpc) is 2.91. The Hall–Kier alpha value is -4.58. The van der Waals surface area contributed by atoms with Crippen molar-refractivity contribution in [3.8, 4) is 34.8 Å². The van der Waals surface area contributed by atoms with Crippen LogP contribution in [-0.2, 0) is 13.0 Å². The van der Waals surface area contributed by atoms with Crippen molar-refractivity contribution in [2.75, 3.05) is 28.4 Å². The minimum Gasteiger partial charge on any atom is -0.497 e. The van der Waals surface area contributed by atoms with Crippen LogP contribution in [0.3, 0.4) is 0 Å². The second kappa shape index (κ2) is 10.6. The summed E-state index contributed by atoms with van der Waals surface area (Å²) >= 11 is 0. The van der Waals surface area contributed by atoms with Crippen LogP contribution in [0.2, 0.25) is 0 Å². The maximum Gasteiger partial charge on any atom is 0.258 e. The number of hydrogen-bond acceptors (Lipinski definition) is 8. The third-order valence-corrected chi connectivity index (χ3v) is 6.51. The molecule has 0 fully saturated rings. The van der Waals surface area contributed by atoms with E-state index in [2.05, 4.69) is 6.07 Å². The molecule has 3 aromatic rings. The van der Waals surface area contributed by atoms with Crippen molar-refractivity contribution in [2.45, 2.75) is 25.8 Å². The summed E-state index contributed by atoms with van der Waals surface area (Å²) in [5.41, 5.74) is 8.64. The molecule has 0 spiro atoms. The van der Waals surface area contributed by atoms with E-state index >= 15 is 0 Å². The lowest BCUT2D eigenvalue weighted by Gasteiger charge is -2.28. The number of rotatable bonds is 8. The van der Waals surface area contributed by atoms with Crippen LogP contribution in [-0.4, -0.2) is 33.0 Å². The fourth-order valence-electron chi connectivity index (χ4n) is 4.61. The summed E-state index contributed by atoms with van der Waals surface area (Å²) in [6, 6.07) is 14.8. The lowest BCUT2D eigenvalue weighted by Crippen LogP contribution is -2.33. The van der Waals surface area contributed by atoms with Gasteiger partial charge in [0, 0.05) is 29.9 Å². The molecular weight excluding hydrogens is 474 g/mol. The molecule has 2 aromatic carbocycles. The topological polar surface area (TPSA) is 118 Å². The second-order valence-corrected chi connectivity index (χ2v) is 8.49. The van der Waals surface area contributed by atoms with Crippen LogP contribution >= 0.6 is 0 Å². The van der Waals surface area contributed by atoms with Gasteiger partial charge < -0.3 is 34.0 Å². The Balaban J connectivity index is 1.81. The van der Waals surface area contributed by atoms with Crippen LogP contribution in [0.4, 0.5) is 0 Å². The Bertz CT molecular complexity index is 1470. The smallest absolute Gasteiger partial charge is 0.258 e.